The second kappa shape index (κ2) is 7.35. The van der Waals surface area contributed by atoms with Crippen molar-refractivity contribution in [3.8, 4) is 0 Å². The molecule has 0 heterocycles. The van der Waals surface area contributed by atoms with Crippen LogP contribution in [0.15, 0.2) is 0 Å². The summed E-state index contributed by atoms with van der Waals surface area (Å²) in [6, 6.07) is 0. The van der Waals surface area contributed by atoms with Gasteiger partial charge in [-0.2, -0.15) is 0 Å². The lowest BCUT2D eigenvalue weighted by Gasteiger charge is -2.68. The molecule has 5 heteroatoms. The topological polar surface area (TPSA) is 29.1 Å². The number of rotatable bonds is 1. The molecule has 8 saturated carbocycles. The Labute approximate surface area is 227 Å². The van der Waals surface area contributed by atoms with E-state index >= 15 is 0 Å². The Hall–Kier alpha value is 1.16. The lowest BCUT2D eigenvalue weighted by Crippen LogP contribution is -2.68. The van der Waals surface area contributed by atoms with Gasteiger partial charge in [0.2, 0.25) is 5.91 Å². The summed E-state index contributed by atoms with van der Waals surface area (Å²) in [5.41, 5.74) is 2.15. The summed E-state index contributed by atoms with van der Waals surface area (Å²) < 4.78 is 1.37. The van der Waals surface area contributed by atoms with Crippen LogP contribution < -0.4 is 5.32 Å². The van der Waals surface area contributed by atoms with Crippen molar-refractivity contribution in [2.75, 3.05) is 0 Å². The van der Waals surface area contributed by atoms with Gasteiger partial charge in [-0.25, -0.2) is 0 Å². The van der Waals surface area contributed by atoms with Crippen molar-refractivity contribution in [3.63, 3.8) is 0 Å². The zero-order chi connectivity index (χ0) is 22.8. The van der Waals surface area contributed by atoms with Gasteiger partial charge in [-0.15, -0.1) is 0 Å². The molecule has 1 amide bonds. The molecule has 0 aromatic rings. The quantitative estimate of drug-likeness (QED) is 0.217. The Balaban J connectivity index is 0.000000151. The van der Waals surface area contributed by atoms with E-state index in [1.807, 2.05) is 0 Å². The van der Waals surface area contributed by atoms with E-state index < -0.39 is 0 Å². The molecule has 0 radical (unpaired) electrons. The third kappa shape index (κ3) is 4.64. The molecule has 8 rings (SSSR count). The van der Waals surface area contributed by atoms with Crippen LogP contribution >= 0.6 is 54.5 Å². The van der Waals surface area contributed by atoms with E-state index in [0.29, 0.717) is 29.4 Å². The van der Waals surface area contributed by atoms with Crippen LogP contribution in [0.3, 0.4) is 0 Å². The molecule has 0 aromatic carbocycles. The van der Waals surface area contributed by atoms with Crippen LogP contribution in [0.2, 0.25) is 0 Å². The van der Waals surface area contributed by atoms with Crippen molar-refractivity contribution in [1.82, 2.24) is 5.32 Å². The first kappa shape index (κ1) is 26.2. The first-order valence-corrected chi connectivity index (χ1v) is 14.9. The summed E-state index contributed by atoms with van der Waals surface area (Å²) in [5, 5.41) is 3.29. The van der Waals surface area contributed by atoms with Crippen molar-refractivity contribution in [2.45, 2.75) is 137 Å². The molecule has 8 fully saturated rings. The third-order valence-corrected chi connectivity index (χ3v) is 12.3. The summed E-state index contributed by atoms with van der Waals surface area (Å²) >= 11 is 10.8. The molecule has 0 aromatic heterocycles. The lowest BCUT2D eigenvalue weighted by atomic mass is 9.42. The van der Waals surface area contributed by atoms with E-state index in [9.17, 15) is 4.79 Å². The fourth-order valence-electron chi connectivity index (χ4n) is 11.5. The highest BCUT2D eigenvalue weighted by Crippen LogP contribution is 2.72. The highest BCUT2D eigenvalue weighted by Gasteiger charge is 2.65. The predicted molar refractivity (Wildman–Crippen MR) is 151 cm³/mol. The standard InChI is InChI=1S/C14H22BrNO.C12H18BrI.CH4/c1-10(17)16-14-7-11(2)4-12(3,8-14)6-13(15,5-11)9-14;1-9-3-10(2)5-11(13,4-9)8-12(14,6-9)7-10;/h4-9H2,1-3H3,(H,16,17);3-8H2,1-2H3;1H4. The van der Waals surface area contributed by atoms with E-state index in [2.05, 4.69) is 87.5 Å². The van der Waals surface area contributed by atoms with Crippen molar-refractivity contribution >= 4 is 60.4 Å². The van der Waals surface area contributed by atoms with Gasteiger partial charge in [0.15, 0.2) is 0 Å². The first-order chi connectivity index (χ1) is 13.9. The number of carbonyl (C=O) groups excluding carboxylic acids is 1. The number of amides is 1. The minimum absolute atomic E-state index is 0. The van der Waals surface area contributed by atoms with E-state index in [1.165, 1.54) is 70.6 Å². The third-order valence-electron chi connectivity index (χ3n) is 9.43. The van der Waals surface area contributed by atoms with Gasteiger partial charge in [0.1, 0.15) is 0 Å². The van der Waals surface area contributed by atoms with Crippen molar-refractivity contribution in [1.29, 1.82) is 0 Å². The van der Waals surface area contributed by atoms with Crippen LogP contribution in [0, 0.1) is 21.7 Å². The summed E-state index contributed by atoms with van der Waals surface area (Å²) in [7, 11) is 0. The maximum absolute atomic E-state index is 11.5. The molecule has 8 aliphatic rings. The van der Waals surface area contributed by atoms with E-state index in [-0.39, 0.29) is 23.2 Å². The lowest BCUT2D eigenvalue weighted by molar-refractivity contribution is -0.133. The normalized spacial score (nSPS) is 58.6. The Morgan fingerprint density at radius 1 is 0.656 bits per heavy atom. The minimum Gasteiger partial charge on any atom is -0.351 e. The van der Waals surface area contributed by atoms with E-state index in [4.69, 9.17) is 0 Å². The smallest absolute Gasteiger partial charge is 0.217 e. The molecule has 32 heavy (non-hydrogen) atoms. The first-order valence-electron chi connectivity index (χ1n) is 12.3. The van der Waals surface area contributed by atoms with Gasteiger partial charge >= 0.3 is 0 Å². The van der Waals surface area contributed by atoms with Gasteiger partial charge in [0, 0.05) is 24.5 Å². The van der Waals surface area contributed by atoms with E-state index in [0.717, 1.165) is 6.42 Å². The van der Waals surface area contributed by atoms with Gasteiger partial charge in [0.05, 0.1) is 0 Å². The fraction of sp³-hybridized carbons (Fsp3) is 0.963. The monoisotopic (exact) mass is 683 g/mol. The van der Waals surface area contributed by atoms with Crippen molar-refractivity contribution in [3.05, 3.63) is 0 Å². The van der Waals surface area contributed by atoms with Gasteiger partial charge in [-0.1, -0.05) is 89.6 Å². The minimum atomic E-state index is 0. The highest BCUT2D eigenvalue weighted by atomic mass is 127. The summed E-state index contributed by atoms with van der Waals surface area (Å²) in [5.74, 6) is 0.134. The maximum atomic E-state index is 11.5. The molecule has 0 aliphatic heterocycles. The second-order valence-corrected chi connectivity index (χ2v) is 20.4. The fourth-order valence-corrected chi connectivity index (χ4v) is 18.3. The van der Waals surface area contributed by atoms with Crippen LogP contribution in [0.4, 0.5) is 0 Å². The Morgan fingerprint density at radius 2 is 1.03 bits per heavy atom. The van der Waals surface area contributed by atoms with Gasteiger partial charge in [-0.3, -0.25) is 4.79 Å². The molecular weight excluding hydrogens is 641 g/mol. The van der Waals surface area contributed by atoms with Crippen LogP contribution in [-0.2, 0) is 4.79 Å². The summed E-state index contributed by atoms with van der Waals surface area (Å²) in [6.07, 6.45) is 16.0. The number of hydrogen-bond donors (Lipinski definition) is 1. The number of carbonyl (C=O) groups is 1. The Kier molecular flexibility index (Phi) is 6.03. The van der Waals surface area contributed by atoms with Crippen LogP contribution in [-0.4, -0.2) is 23.5 Å². The Bertz CT molecular complexity index is 677. The molecule has 4 unspecified atom stereocenters. The van der Waals surface area contributed by atoms with E-state index in [1.54, 1.807) is 6.92 Å². The van der Waals surface area contributed by atoms with Crippen LogP contribution in [0.25, 0.3) is 0 Å². The zero-order valence-corrected chi connectivity index (χ0v) is 25.4. The molecule has 8 aliphatic carbocycles. The van der Waals surface area contributed by atoms with Crippen LogP contribution in [0.1, 0.15) is 119 Å². The van der Waals surface area contributed by atoms with Gasteiger partial charge in [0.25, 0.3) is 0 Å². The molecule has 2 nitrogen and oxygen atoms in total. The highest BCUT2D eigenvalue weighted by molar-refractivity contribution is 14.1. The zero-order valence-electron chi connectivity index (χ0n) is 20.0. The summed E-state index contributed by atoms with van der Waals surface area (Å²) in [4.78, 5) is 11.5. The Morgan fingerprint density at radius 3 is 1.34 bits per heavy atom. The number of nitrogens with one attached hydrogen (secondary N) is 1. The van der Waals surface area contributed by atoms with Gasteiger partial charge in [-0.05, 0) is 98.7 Å². The predicted octanol–water partition coefficient (Wildman–Crippen LogP) is 8.71. The van der Waals surface area contributed by atoms with Crippen LogP contribution in [0.5, 0.6) is 0 Å². The van der Waals surface area contributed by atoms with Crippen molar-refractivity contribution in [2.24, 2.45) is 21.7 Å². The number of alkyl halides is 3. The van der Waals surface area contributed by atoms with Crippen molar-refractivity contribution < 1.29 is 4.79 Å². The molecule has 0 spiro atoms. The number of halogens is 3. The molecule has 184 valence electrons. The molecule has 1 N–H and O–H groups in total. The average Bonchev–Trinajstić information content (AvgIpc) is 2.32. The SMILES string of the molecule is C.CC(=O)NC12CC3(C)CC(C)(CC(Br)(C3)C1)C2.CC12CC3(C)CC(Br)(C1)CC(I)(C2)C3. The molecule has 0 saturated heterocycles. The average molecular weight is 685 g/mol. The molecule has 4 atom stereocenters. The molecular formula is C27H44Br2INO. The maximum Gasteiger partial charge on any atom is 0.217 e. The van der Waals surface area contributed by atoms with Gasteiger partial charge < -0.3 is 5.32 Å². The molecule has 8 bridgehead atoms. The number of hydrogen-bond acceptors (Lipinski definition) is 1. The second-order valence-electron chi connectivity index (χ2n) is 14.8. The largest absolute Gasteiger partial charge is 0.351 e. The summed E-state index contributed by atoms with van der Waals surface area (Å²) in [6.45, 7) is 11.5.